The van der Waals surface area contributed by atoms with E-state index in [-0.39, 0.29) is 0 Å². The maximum atomic E-state index is 3.43. The highest BCUT2D eigenvalue weighted by Crippen LogP contribution is 2.22. The van der Waals surface area contributed by atoms with E-state index in [1.807, 2.05) is 0 Å². The first-order valence-electron chi connectivity index (χ1n) is 4.80. The normalized spacial score (nSPS) is 19.5. The van der Waals surface area contributed by atoms with Crippen molar-refractivity contribution in [3.05, 3.63) is 0 Å². The molecule has 1 rings (SSSR count). The van der Waals surface area contributed by atoms with E-state index in [1.54, 1.807) is 0 Å². The van der Waals surface area contributed by atoms with Crippen LogP contribution in [0.3, 0.4) is 0 Å². The summed E-state index contributed by atoms with van der Waals surface area (Å²) in [6.45, 7) is 4.60. The lowest BCUT2D eigenvalue weighted by atomic mass is 9.90. The lowest BCUT2D eigenvalue weighted by Gasteiger charge is -2.15. The highest BCUT2D eigenvalue weighted by atomic mass is 28.3. The molecule has 0 saturated heterocycles. The summed E-state index contributed by atoms with van der Waals surface area (Å²) in [5.74, 6) is 4.20. The first-order valence-corrected chi connectivity index (χ1v) is 7.69. The molecule has 62 valence electrons. The van der Waals surface area contributed by atoms with Crippen molar-refractivity contribution < 1.29 is 0 Å². The topological polar surface area (TPSA) is 0 Å². The van der Waals surface area contributed by atoms with Crippen LogP contribution in [0.4, 0.5) is 0 Å². The van der Waals surface area contributed by atoms with Gasteiger partial charge in [0, 0.05) is 5.92 Å². The van der Waals surface area contributed by atoms with E-state index < -0.39 is 8.80 Å². The van der Waals surface area contributed by atoms with Gasteiger partial charge in [0.05, 0.1) is 0 Å². The average Bonchev–Trinajstić information content (AvgIpc) is 2.03. The third-order valence-electron chi connectivity index (χ3n) is 2.18. The summed E-state index contributed by atoms with van der Waals surface area (Å²) >= 11 is 0. The molecule has 1 aliphatic carbocycles. The Balaban J connectivity index is 2.31. The molecule has 0 N–H and O–H groups in total. The molecule has 0 radical (unpaired) electrons. The molecule has 0 aliphatic heterocycles. The third-order valence-corrected chi connectivity index (χ3v) is 2.93. The molecule has 0 aromatic rings. The van der Waals surface area contributed by atoms with Gasteiger partial charge in [-0.25, -0.2) is 0 Å². The highest BCUT2D eigenvalue weighted by molar-refractivity contribution is 6.64. The standard InChI is InChI=1S/C10H18Si/c1-11(2)9-8-10-6-4-3-5-7-10/h10-11H,3-7H2,1-2H3. The van der Waals surface area contributed by atoms with Crippen LogP contribution in [-0.4, -0.2) is 8.80 Å². The summed E-state index contributed by atoms with van der Waals surface area (Å²) < 4.78 is 0. The minimum atomic E-state index is -0.603. The Kier molecular flexibility index (Phi) is 3.72. The zero-order chi connectivity index (χ0) is 8.10. The Morgan fingerprint density at radius 3 is 2.27 bits per heavy atom. The van der Waals surface area contributed by atoms with Gasteiger partial charge in [-0.15, -0.1) is 11.5 Å². The third kappa shape index (κ3) is 3.62. The van der Waals surface area contributed by atoms with E-state index >= 15 is 0 Å². The molecule has 0 heterocycles. The van der Waals surface area contributed by atoms with E-state index in [4.69, 9.17) is 0 Å². The Bertz CT molecular complexity index is 155. The van der Waals surface area contributed by atoms with Crippen LogP contribution in [0.1, 0.15) is 32.1 Å². The first-order chi connectivity index (χ1) is 5.29. The second-order valence-electron chi connectivity index (χ2n) is 3.78. The lowest BCUT2D eigenvalue weighted by molar-refractivity contribution is 0.430. The fraction of sp³-hybridized carbons (Fsp3) is 0.800. The predicted octanol–water partition coefficient (Wildman–Crippen LogP) is 2.60. The van der Waals surface area contributed by atoms with Gasteiger partial charge in [0.2, 0.25) is 0 Å². The fourth-order valence-electron chi connectivity index (χ4n) is 1.53. The Labute approximate surface area is 72.0 Å². The highest BCUT2D eigenvalue weighted by Gasteiger charge is 2.09. The molecular weight excluding hydrogens is 148 g/mol. The van der Waals surface area contributed by atoms with Gasteiger partial charge in [-0.3, -0.25) is 0 Å². The predicted molar refractivity (Wildman–Crippen MR) is 53.2 cm³/mol. The Morgan fingerprint density at radius 1 is 1.09 bits per heavy atom. The van der Waals surface area contributed by atoms with Gasteiger partial charge in [0.1, 0.15) is 8.80 Å². The van der Waals surface area contributed by atoms with Gasteiger partial charge < -0.3 is 0 Å². The van der Waals surface area contributed by atoms with Crippen LogP contribution in [0.2, 0.25) is 13.1 Å². The molecule has 0 nitrogen and oxygen atoms in total. The fourth-order valence-corrected chi connectivity index (χ4v) is 2.10. The van der Waals surface area contributed by atoms with Crippen molar-refractivity contribution in [3.8, 4) is 11.5 Å². The maximum absolute atomic E-state index is 3.43. The van der Waals surface area contributed by atoms with E-state index in [0.717, 1.165) is 5.92 Å². The molecule has 1 fully saturated rings. The molecule has 0 unspecified atom stereocenters. The number of rotatable bonds is 0. The van der Waals surface area contributed by atoms with Crippen molar-refractivity contribution in [2.75, 3.05) is 0 Å². The van der Waals surface area contributed by atoms with Crippen molar-refractivity contribution in [2.24, 2.45) is 5.92 Å². The molecule has 0 atom stereocenters. The van der Waals surface area contributed by atoms with E-state index in [9.17, 15) is 0 Å². The molecule has 0 aromatic heterocycles. The van der Waals surface area contributed by atoms with Gasteiger partial charge >= 0.3 is 0 Å². The lowest BCUT2D eigenvalue weighted by Crippen LogP contribution is -2.04. The molecule has 0 amide bonds. The van der Waals surface area contributed by atoms with Crippen LogP contribution < -0.4 is 0 Å². The van der Waals surface area contributed by atoms with Crippen molar-refractivity contribution in [1.29, 1.82) is 0 Å². The Morgan fingerprint density at radius 2 is 1.73 bits per heavy atom. The number of hydrogen-bond donors (Lipinski definition) is 0. The Hall–Kier alpha value is -0.223. The molecular formula is C10H18Si. The van der Waals surface area contributed by atoms with Gasteiger partial charge in [-0.2, -0.15) is 0 Å². The molecule has 1 heteroatoms. The summed E-state index contributed by atoms with van der Waals surface area (Å²) in [6, 6.07) is 0. The van der Waals surface area contributed by atoms with Crippen LogP contribution in [-0.2, 0) is 0 Å². The van der Waals surface area contributed by atoms with Crippen LogP contribution in [0.15, 0.2) is 0 Å². The molecule has 0 spiro atoms. The average molecular weight is 166 g/mol. The van der Waals surface area contributed by atoms with E-state index in [0.29, 0.717) is 0 Å². The monoisotopic (exact) mass is 166 g/mol. The van der Waals surface area contributed by atoms with Crippen molar-refractivity contribution in [3.63, 3.8) is 0 Å². The second kappa shape index (κ2) is 4.61. The smallest absolute Gasteiger partial charge is 0.116 e. The molecule has 0 bridgehead atoms. The van der Waals surface area contributed by atoms with Gasteiger partial charge in [-0.05, 0) is 12.8 Å². The zero-order valence-corrected chi connectivity index (χ0v) is 8.84. The van der Waals surface area contributed by atoms with Crippen molar-refractivity contribution in [2.45, 2.75) is 45.2 Å². The van der Waals surface area contributed by atoms with Crippen LogP contribution in [0.25, 0.3) is 0 Å². The summed E-state index contributed by atoms with van der Waals surface area (Å²) in [6.07, 6.45) is 7.01. The zero-order valence-electron chi connectivity index (χ0n) is 7.69. The molecule has 1 aliphatic rings. The quantitative estimate of drug-likeness (QED) is 0.383. The first kappa shape index (κ1) is 8.87. The van der Waals surface area contributed by atoms with E-state index in [1.165, 1.54) is 32.1 Å². The SMILES string of the molecule is C[SiH](C)C#CC1CCCCC1. The van der Waals surface area contributed by atoms with Crippen LogP contribution >= 0.6 is 0 Å². The summed E-state index contributed by atoms with van der Waals surface area (Å²) in [5, 5.41) is 0. The van der Waals surface area contributed by atoms with Crippen LogP contribution in [0.5, 0.6) is 0 Å². The second-order valence-corrected chi connectivity index (χ2v) is 6.38. The van der Waals surface area contributed by atoms with Gasteiger partial charge in [0.25, 0.3) is 0 Å². The molecule has 0 aromatic carbocycles. The van der Waals surface area contributed by atoms with Gasteiger partial charge in [0.15, 0.2) is 0 Å². The number of hydrogen-bond acceptors (Lipinski definition) is 0. The summed E-state index contributed by atoms with van der Waals surface area (Å²) in [7, 11) is -0.603. The minimum absolute atomic E-state index is 0.603. The van der Waals surface area contributed by atoms with Gasteiger partial charge in [-0.1, -0.05) is 32.4 Å². The molecule has 1 saturated carbocycles. The van der Waals surface area contributed by atoms with Crippen LogP contribution in [0, 0.1) is 17.4 Å². The maximum Gasteiger partial charge on any atom is 0.116 e. The minimum Gasteiger partial charge on any atom is -0.136 e. The summed E-state index contributed by atoms with van der Waals surface area (Å²) in [4.78, 5) is 0. The molecule has 11 heavy (non-hydrogen) atoms. The largest absolute Gasteiger partial charge is 0.136 e. The van der Waals surface area contributed by atoms with E-state index in [2.05, 4.69) is 24.6 Å². The van der Waals surface area contributed by atoms with Crippen molar-refractivity contribution in [1.82, 2.24) is 0 Å². The summed E-state index contributed by atoms with van der Waals surface area (Å²) in [5.41, 5.74) is 3.40. The van der Waals surface area contributed by atoms with Crippen molar-refractivity contribution >= 4 is 8.80 Å².